The third kappa shape index (κ3) is 4.33. The lowest BCUT2D eigenvalue weighted by Crippen LogP contribution is -2.32. The van der Waals surface area contributed by atoms with Crippen molar-refractivity contribution < 1.29 is 4.74 Å². The van der Waals surface area contributed by atoms with Crippen molar-refractivity contribution in [3.63, 3.8) is 0 Å². The zero-order valence-electron chi connectivity index (χ0n) is 17.8. The topological polar surface area (TPSA) is 61.6 Å². The molecule has 0 atom stereocenters. The Morgan fingerprint density at radius 3 is 2.53 bits per heavy atom. The summed E-state index contributed by atoms with van der Waals surface area (Å²) in [5, 5.41) is 4.75. The van der Waals surface area contributed by atoms with Crippen molar-refractivity contribution in [1.29, 1.82) is 5.53 Å². The van der Waals surface area contributed by atoms with Crippen LogP contribution < -0.4 is 9.64 Å². The zero-order chi connectivity index (χ0) is 20.9. The summed E-state index contributed by atoms with van der Waals surface area (Å²) in [6.07, 6.45) is 8.24. The molecule has 0 radical (unpaired) electrons. The van der Waals surface area contributed by atoms with Crippen LogP contribution in [0.2, 0.25) is 0 Å². The average Bonchev–Trinajstić information content (AvgIpc) is 3.20. The smallest absolute Gasteiger partial charge is 0.191 e. The van der Waals surface area contributed by atoms with E-state index in [1.807, 2.05) is 12.1 Å². The molecule has 1 N–H and O–H groups in total. The number of ether oxygens (including phenoxy) is 1. The minimum absolute atomic E-state index is 0.129. The highest BCUT2D eigenvalue weighted by Crippen LogP contribution is 2.42. The van der Waals surface area contributed by atoms with Gasteiger partial charge >= 0.3 is 0 Å². The number of benzene rings is 2. The van der Waals surface area contributed by atoms with E-state index in [-0.39, 0.29) is 6.10 Å². The minimum atomic E-state index is 0.129. The largest absolute Gasteiger partial charge is 0.488 e. The molecular weight excluding hydrogens is 392 g/mol. The van der Waals surface area contributed by atoms with E-state index in [1.54, 1.807) is 11.3 Å². The van der Waals surface area contributed by atoms with Gasteiger partial charge in [0, 0.05) is 17.8 Å². The molecule has 1 heterocycles. The Bertz CT molecular complexity index is 978. The SMILES string of the molecule is CCC(CC)Oc1cc2nc(N(c3ccccc3)C3CCCCC3)sc2cc1N=N. The van der Waals surface area contributed by atoms with E-state index in [9.17, 15) is 0 Å². The van der Waals surface area contributed by atoms with Gasteiger partial charge in [0.25, 0.3) is 0 Å². The van der Waals surface area contributed by atoms with Crippen LogP contribution in [0.25, 0.3) is 10.2 Å². The Hall–Kier alpha value is -2.47. The summed E-state index contributed by atoms with van der Waals surface area (Å²) in [4.78, 5) is 7.44. The second-order valence-electron chi connectivity index (χ2n) is 7.95. The van der Waals surface area contributed by atoms with Crippen molar-refractivity contribution in [3.05, 3.63) is 42.5 Å². The third-order valence-corrected chi connectivity index (χ3v) is 6.98. The molecule has 1 aliphatic carbocycles. The van der Waals surface area contributed by atoms with E-state index in [0.717, 1.165) is 28.2 Å². The molecule has 0 aliphatic heterocycles. The Kier molecular flexibility index (Phi) is 6.62. The van der Waals surface area contributed by atoms with E-state index < -0.39 is 0 Å². The molecule has 0 amide bonds. The summed E-state index contributed by atoms with van der Waals surface area (Å²) in [7, 11) is 0. The molecular formula is C24H30N4OS. The molecule has 1 fully saturated rings. The summed E-state index contributed by atoms with van der Waals surface area (Å²) in [6, 6.07) is 15.0. The van der Waals surface area contributed by atoms with Crippen molar-refractivity contribution in [3.8, 4) is 5.75 Å². The predicted molar refractivity (Wildman–Crippen MR) is 125 cm³/mol. The highest BCUT2D eigenvalue weighted by molar-refractivity contribution is 7.22. The molecule has 1 saturated carbocycles. The predicted octanol–water partition coefficient (Wildman–Crippen LogP) is 8.00. The summed E-state index contributed by atoms with van der Waals surface area (Å²) < 4.78 is 7.20. The van der Waals surface area contributed by atoms with Gasteiger partial charge in [-0.2, -0.15) is 5.11 Å². The quantitative estimate of drug-likeness (QED) is 0.374. The number of para-hydroxylation sites is 1. The number of aromatic nitrogens is 1. The molecule has 6 heteroatoms. The van der Waals surface area contributed by atoms with Crippen LogP contribution in [-0.4, -0.2) is 17.1 Å². The number of nitrogens with one attached hydrogen (secondary N) is 1. The van der Waals surface area contributed by atoms with Crippen LogP contribution in [0.4, 0.5) is 16.5 Å². The molecule has 4 rings (SSSR count). The molecule has 30 heavy (non-hydrogen) atoms. The van der Waals surface area contributed by atoms with E-state index in [1.165, 1.54) is 37.8 Å². The van der Waals surface area contributed by atoms with Gasteiger partial charge < -0.3 is 9.64 Å². The number of hydrogen-bond donors (Lipinski definition) is 1. The minimum Gasteiger partial charge on any atom is -0.488 e. The van der Waals surface area contributed by atoms with E-state index >= 15 is 0 Å². The molecule has 5 nitrogen and oxygen atoms in total. The molecule has 0 bridgehead atoms. The first kappa shape index (κ1) is 20.8. The molecule has 0 unspecified atom stereocenters. The normalized spacial score (nSPS) is 14.9. The van der Waals surface area contributed by atoms with Crippen molar-refractivity contribution in [2.45, 2.75) is 70.9 Å². The second kappa shape index (κ2) is 9.56. The summed E-state index contributed by atoms with van der Waals surface area (Å²) >= 11 is 1.68. The van der Waals surface area contributed by atoms with Gasteiger partial charge in [-0.05, 0) is 43.9 Å². The Balaban J connectivity index is 1.75. The number of hydrogen-bond acceptors (Lipinski definition) is 6. The maximum Gasteiger partial charge on any atom is 0.191 e. The van der Waals surface area contributed by atoms with Crippen LogP contribution in [0, 0.1) is 5.53 Å². The monoisotopic (exact) mass is 422 g/mol. The number of thiazole rings is 1. The first-order valence-electron chi connectivity index (χ1n) is 11.1. The lowest BCUT2D eigenvalue weighted by atomic mass is 9.94. The lowest BCUT2D eigenvalue weighted by molar-refractivity contribution is 0.194. The standard InChI is InChI=1S/C24H30N4OS/c1-3-19(4-2)29-22-15-21-23(16-20(22)27-25)30-24(26-21)28(17-11-7-5-8-12-17)18-13-9-6-10-14-18/h5,7-8,11-12,15-16,18-19,25H,3-4,6,9-10,13-14H2,1-2H3. The van der Waals surface area contributed by atoms with Gasteiger partial charge in [0.05, 0.1) is 16.3 Å². The molecule has 158 valence electrons. The number of nitrogens with zero attached hydrogens (tertiary/aromatic N) is 3. The first-order valence-corrected chi connectivity index (χ1v) is 11.9. The highest BCUT2D eigenvalue weighted by atomic mass is 32.1. The van der Waals surface area contributed by atoms with Crippen LogP contribution in [0.1, 0.15) is 58.8 Å². The summed E-state index contributed by atoms with van der Waals surface area (Å²) in [5.74, 6) is 0.659. The van der Waals surface area contributed by atoms with Gasteiger partial charge in [0.2, 0.25) is 0 Å². The number of anilines is 2. The van der Waals surface area contributed by atoms with E-state index in [0.29, 0.717) is 17.5 Å². The Morgan fingerprint density at radius 2 is 1.87 bits per heavy atom. The van der Waals surface area contributed by atoms with Crippen LogP contribution in [-0.2, 0) is 0 Å². The van der Waals surface area contributed by atoms with Gasteiger partial charge in [-0.3, -0.25) is 0 Å². The van der Waals surface area contributed by atoms with Gasteiger partial charge in [-0.15, -0.1) is 0 Å². The van der Waals surface area contributed by atoms with Crippen molar-refractivity contribution in [1.82, 2.24) is 4.98 Å². The highest BCUT2D eigenvalue weighted by Gasteiger charge is 2.26. The van der Waals surface area contributed by atoms with Crippen molar-refractivity contribution in [2.24, 2.45) is 5.11 Å². The van der Waals surface area contributed by atoms with E-state index in [4.69, 9.17) is 15.3 Å². The second-order valence-corrected chi connectivity index (χ2v) is 8.96. The number of rotatable bonds is 8. The van der Waals surface area contributed by atoms with E-state index in [2.05, 4.69) is 54.2 Å². The van der Waals surface area contributed by atoms with Gasteiger partial charge in [-0.25, -0.2) is 10.5 Å². The number of fused-ring (bicyclic) bond motifs is 1. The fraction of sp³-hybridized carbons (Fsp3) is 0.458. The fourth-order valence-corrected chi connectivity index (χ4v) is 5.33. The lowest BCUT2D eigenvalue weighted by Gasteiger charge is -2.34. The zero-order valence-corrected chi connectivity index (χ0v) is 18.6. The first-order chi connectivity index (χ1) is 14.7. The molecule has 2 aromatic carbocycles. The molecule has 0 spiro atoms. The molecule has 0 saturated heterocycles. The maximum absolute atomic E-state index is 7.62. The van der Waals surface area contributed by atoms with Crippen LogP contribution in [0.15, 0.2) is 47.6 Å². The van der Waals surface area contributed by atoms with Crippen LogP contribution in [0.3, 0.4) is 0 Å². The third-order valence-electron chi connectivity index (χ3n) is 5.96. The average molecular weight is 423 g/mol. The Morgan fingerprint density at radius 1 is 1.13 bits per heavy atom. The summed E-state index contributed by atoms with van der Waals surface area (Å²) in [6.45, 7) is 4.24. The van der Waals surface area contributed by atoms with Crippen LogP contribution >= 0.6 is 11.3 Å². The Labute approximate surface area is 182 Å². The molecule has 1 aliphatic rings. The fourth-order valence-electron chi connectivity index (χ4n) is 4.26. The van der Waals surface area contributed by atoms with Gasteiger partial charge in [-0.1, -0.05) is 62.6 Å². The maximum atomic E-state index is 7.62. The molecule has 3 aromatic rings. The van der Waals surface area contributed by atoms with Gasteiger partial charge in [0.1, 0.15) is 11.4 Å². The molecule has 1 aromatic heterocycles. The van der Waals surface area contributed by atoms with Gasteiger partial charge in [0.15, 0.2) is 5.13 Å². The van der Waals surface area contributed by atoms with Crippen molar-refractivity contribution in [2.75, 3.05) is 4.90 Å². The van der Waals surface area contributed by atoms with Crippen LogP contribution in [0.5, 0.6) is 5.75 Å². The van der Waals surface area contributed by atoms with Crippen molar-refractivity contribution >= 4 is 38.1 Å². The summed E-state index contributed by atoms with van der Waals surface area (Å²) in [5.41, 5.74) is 10.3.